The minimum Gasteiger partial charge on any atom is -0.478 e. The van der Waals surface area contributed by atoms with Gasteiger partial charge < -0.3 is 5.11 Å². The first kappa shape index (κ1) is 14.1. The van der Waals surface area contributed by atoms with Gasteiger partial charge in [-0.2, -0.15) is 18.3 Å². The Hall–Kier alpha value is -2.31. The number of aromatic nitrogens is 2. The van der Waals surface area contributed by atoms with Crippen LogP contribution in [0.3, 0.4) is 0 Å². The van der Waals surface area contributed by atoms with Crippen molar-refractivity contribution in [2.75, 3.05) is 0 Å². The van der Waals surface area contributed by atoms with E-state index in [0.29, 0.717) is 17.5 Å². The summed E-state index contributed by atoms with van der Waals surface area (Å²) >= 11 is 0. The molecule has 1 N–H and O–H groups in total. The van der Waals surface area contributed by atoms with Crippen LogP contribution in [0.5, 0.6) is 0 Å². The molecule has 0 aliphatic rings. The highest BCUT2D eigenvalue weighted by Gasteiger charge is 2.32. The first-order valence-electron chi connectivity index (χ1n) is 5.68. The number of rotatable bonds is 2. The van der Waals surface area contributed by atoms with Crippen molar-refractivity contribution < 1.29 is 23.1 Å². The molecule has 0 saturated carbocycles. The van der Waals surface area contributed by atoms with E-state index in [1.54, 1.807) is 19.9 Å². The Labute approximate surface area is 112 Å². The van der Waals surface area contributed by atoms with Gasteiger partial charge in [-0.15, -0.1) is 0 Å². The smallest absolute Gasteiger partial charge is 0.416 e. The molecule has 20 heavy (non-hydrogen) atoms. The third-order valence-electron chi connectivity index (χ3n) is 2.79. The molecule has 2 rings (SSSR count). The third-order valence-corrected chi connectivity index (χ3v) is 2.79. The molecule has 7 heteroatoms. The molecule has 1 aromatic carbocycles. The molecule has 0 radical (unpaired) electrons. The normalized spacial score (nSPS) is 11.7. The Balaban J connectivity index is 2.65. The van der Waals surface area contributed by atoms with Gasteiger partial charge in [0.2, 0.25) is 0 Å². The Bertz CT molecular complexity index is 675. The molecule has 0 amide bonds. The Morgan fingerprint density at radius 1 is 1.25 bits per heavy atom. The van der Waals surface area contributed by atoms with Crippen LogP contribution in [-0.4, -0.2) is 20.9 Å². The Kier molecular flexibility index (Phi) is 3.29. The van der Waals surface area contributed by atoms with Gasteiger partial charge in [-0.1, -0.05) is 0 Å². The second-order valence-corrected chi connectivity index (χ2v) is 4.37. The van der Waals surface area contributed by atoms with E-state index in [1.807, 2.05) is 0 Å². The first-order valence-corrected chi connectivity index (χ1v) is 5.68. The van der Waals surface area contributed by atoms with Crippen LogP contribution >= 0.6 is 0 Å². The zero-order chi connectivity index (χ0) is 15.1. The number of carboxylic acids is 1. The number of aryl methyl sites for hydroxylation is 2. The average Bonchev–Trinajstić information content (AvgIpc) is 2.66. The predicted molar refractivity (Wildman–Crippen MR) is 65.0 cm³/mol. The van der Waals surface area contributed by atoms with E-state index in [0.717, 1.165) is 12.1 Å². The summed E-state index contributed by atoms with van der Waals surface area (Å²) in [4.78, 5) is 11.2. The summed E-state index contributed by atoms with van der Waals surface area (Å²) in [5.74, 6) is -1.43. The van der Waals surface area contributed by atoms with Gasteiger partial charge in [-0.25, -0.2) is 9.48 Å². The summed E-state index contributed by atoms with van der Waals surface area (Å²) in [6, 6.07) is 4.29. The van der Waals surface area contributed by atoms with Gasteiger partial charge in [0, 0.05) is 5.69 Å². The molecule has 0 spiro atoms. The van der Waals surface area contributed by atoms with Crippen molar-refractivity contribution >= 4 is 5.97 Å². The number of halogens is 3. The van der Waals surface area contributed by atoms with E-state index in [1.165, 1.54) is 4.68 Å². The van der Waals surface area contributed by atoms with E-state index in [4.69, 9.17) is 5.11 Å². The average molecular weight is 284 g/mol. The fraction of sp³-hybridized carbons (Fsp3) is 0.231. The third kappa shape index (κ3) is 2.52. The van der Waals surface area contributed by atoms with Crippen molar-refractivity contribution in [2.45, 2.75) is 20.0 Å². The first-order chi connectivity index (χ1) is 9.20. The van der Waals surface area contributed by atoms with Gasteiger partial charge in [0.1, 0.15) is 0 Å². The van der Waals surface area contributed by atoms with Crippen molar-refractivity contribution in [3.63, 3.8) is 0 Å². The molecule has 1 aromatic heterocycles. The highest BCUT2D eigenvalue weighted by Crippen LogP contribution is 2.31. The number of carboxylic acid groups (broad SMARTS) is 1. The van der Waals surface area contributed by atoms with Crippen molar-refractivity contribution in [1.29, 1.82) is 0 Å². The van der Waals surface area contributed by atoms with Crippen LogP contribution in [0.15, 0.2) is 24.3 Å². The summed E-state index contributed by atoms with van der Waals surface area (Å²) in [5.41, 5.74) is -0.0363. The molecule has 1 heterocycles. The highest BCUT2D eigenvalue weighted by atomic mass is 19.4. The number of hydrogen-bond acceptors (Lipinski definition) is 2. The van der Waals surface area contributed by atoms with Gasteiger partial charge in [0.05, 0.1) is 22.5 Å². The maximum Gasteiger partial charge on any atom is 0.416 e. The molecule has 0 aliphatic heterocycles. The number of carbonyl (C=O) groups is 1. The van der Waals surface area contributed by atoms with E-state index in [2.05, 4.69) is 5.10 Å². The summed E-state index contributed by atoms with van der Waals surface area (Å²) < 4.78 is 39.2. The van der Waals surface area contributed by atoms with Gasteiger partial charge >= 0.3 is 12.1 Å². The lowest BCUT2D eigenvalue weighted by molar-refractivity contribution is -0.137. The molecule has 0 fully saturated rings. The number of hydrogen-bond donors (Lipinski definition) is 1. The number of alkyl halides is 3. The maximum atomic E-state index is 12.6. The summed E-state index contributed by atoms with van der Waals surface area (Å²) in [5, 5.41) is 13.2. The SMILES string of the molecule is Cc1cc(C)n(-c2ccc(C(F)(F)F)cc2C(=O)O)n1. The fourth-order valence-corrected chi connectivity index (χ4v) is 1.94. The van der Waals surface area contributed by atoms with Crippen molar-refractivity contribution in [3.05, 3.63) is 46.8 Å². The topological polar surface area (TPSA) is 55.1 Å². The van der Waals surface area contributed by atoms with Crippen LogP contribution in [-0.2, 0) is 6.18 Å². The van der Waals surface area contributed by atoms with Crippen molar-refractivity contribution in [2.24, 2.45) is 0 Å². The van der Waals surface area contributed by atoms with Gasteiger partial charge in [0.25, 0.3) is 0 Å². The second-order valence-electron chi connectivity index (χ2n) is 4.37. The van der Waals surface area contributed by atoms with Gasteiger partial charge in [-0.3, -0.25) is 0 Å². The highest BCUT2D eigenvalue weighted by molar-refractivity contribution is 5.92. The fourth-order valence-electron chi connectivity index (χ4n) is 1.94. The van der Waals surface area contributed by atoms with Crippen LogP contribution in [0, 0.1) is 13.8 Å². The molecule has 0 bridgehead atoms. The van der Waals surface area contributed by atoms with Crippen molar-refractivity contribution in [3.8, 4) is 5.69 Å². The van der Waals surface area contributed by atoms with Gasteiger partial charge in [-0.05, 0) is 38.1 Å². The number of nitrogens with zero attached hydrogens (tertiary/aromatic N) is 2. The van der Waals surface area contributed by atoms with E-state index in [9.17, 15) is 18.0 Å². The Morgan fingerprint density at radius 3 is 2.35 bits per heavy atom. The lowest BCUT2D eigenvalue weighted by atomic mass is 10.1. The summed E-state index contributed by atoms with van der Waals surface area (Å²) in [6.45, 7) is 3.41. The van der Waals surface area contributed by atoms with E-state index < -0.39 is 23.3 Å². The van der Waals surface area contributed by atoms with Crippen LogP contribution in [0.2, 0.25) is 0 Å². The largest absolute Gasteiger partial charge is 0.478 e. The minimum atomic E-state index is -4.59. The molecule has 4 nitrogen and oxygen atoms in total. The summed E-state index contributed by atoms with van der Waals surface area (Å²) in [7, 11) is 0. The molecule has 0 unspecified atom stereocenters. The van der Waals surface area contributed by atoms with E-state index in [-0.39, 0.29) is 5.69 Å². The van der Waals surface area contributed by atoms with Crippen LogP contribution in [0.4, 0.5) is 13.2 Å². The zero-order valence-corrected chi connectivity index (χ0v) is 10.7. The predicted octanol–water partition coefficient (Wildman–Crippen LogP) is 3.21. The van der Waals surface area contributed by atoms with Crippen LogP contribution < -0.4 is 0 Å². The standard InChI is InChI=1S/C13H11F3N2O2/c1-7-5-8(2)18(17-7)11-4-3-9(13(14,15)16)6-10(11)12(19)20/h3-6H,1-2H3,(H,19,20). The minimum absolute atomic E-state index is 0.108. The van der Waals surface area contributed by atoms with Crippen LogP contribution in [0.1, 0.15) is 27.3 Å². The monoisotopic (exact) mass is 284 g/mol. The molecule has 0 atom stereocenters. The molecule has 0 saturated heterocycles. The quantitative estimate of drug-likeness (QED) is 0.921. The number of aromatic carboxylic acids is 1. The van der Waals surface area contributed by atoms with E-state index >= 15 is 0 Å². The molecule has 2 aromatic rings. The van der Waals surface area contributed by atoms with Gasteiger partial charge in [0.15, 0.2) is 0 Å². The lowest BCUT2D eigenvalue weighted by Gasteiger charge is -2.12. The molecular formula is C13H11F3N2O2. The molecule has 106 valence electrons. The summed E-state index contributed by atoms with van der Waals surface area (Å²) in [6.07, 6.45) is -4.59. The zero-order valence-electron chi connectivity index (χ0n) is 10.7. The Morgan fingerprint density at radius 2 is 1.90 bits per heavy atom. The second kappa shape index (κ2) is 4.66. The molecule has 0 aliphatic carbocycles. The maximum absolute atomic E-state index is 12.6. The molecular weight excluding hydrogens is 273 g/mol. The lowest BCUT2D eigenvalue weighted by Crippen LogP contribution is -2.12. The van der Waals surface area contributed by atoms with Crippen molar-refractivity contribution in [1.82, 2.24) is 9.78 Å². The van der Waals surface area contributed by atoms with Crippen LogP contribution in [0.25, 0.3) is 5.69 Å². The number of benzene rings is 1.